The molecule has 2 fully saturated rings. The molecule has 8 atom stereocenters. The Morgan fingerprint density at radius 3 is 1.87 bits per heavy atom. The summed E-state index contributed by atoms with van der Waals surface area (Å²) in [5.41, 5.74) is 3.88. The van der Waals surface area contributed by atoms with Crippen LogP contribution < -0.4 is 0 Å². The third-order valence-electron chi connectivity index (χ3n) is 15.4. The zero-order chi connectivity index (χ0) is 38.7. The van der Waals surface area contributed by atoms with Gasteiger partial charge in [0.05, 0.1) is 0 Å². The summed E-state index contributed by atoms with van der Waals surface area (Å²) in [5.74, 6) is 0.460. The van der Waals surface area contributed by atoms with Gasteiger partial charge in [-0.1, -0.05) is 115 Å². The van der Waals surface area contributed by atoms with Crippen molar-refractivity contribution >= 4 is 3.21 Å². The second-order valence-electron chi connectivity index (χ2n) is 17.0. The van der Waals surface area contributed by atoms with E-state index in [0.29, 0.717) is 11.5 Å². The molecule has 0 amide bonds. The number of halogens is 3. The van der Waals surface area contributed by atoms with Crippen molar-refractivity contribution in [2.24, 2.45) is 43.8 Å². The summed E-state index contributed by atoms with van der Waals surface area (Å²) < 4.78 is 39.0. The van der Waals surface area contributed by atoms with Crippen molar-refractivity contribution in [3.8, 4) is 0 Å². The van der Waals surface area contributed by atoms with Crippen molar-refractivity contribution in [1.82, 2.24) is 0 Å². The van der Waals surface area contributed by atoms with E-state index in [9.17, 15) is 13.2 Å². The van der Waals surface area contributed by atoms with Crippen LogP contribution in [0.5, 0.6) is 0 Å². The molecule has 274 valence electrons. The second kappa shape index (κ2) is 13.6. The molecule has 4 heteroatoms. The van der Waals surface area contributed by atoms with Crippen LogP contribution in [0.25, 0.3) is 0 Å². The molecule has 0 aromatic heterocycles. The Morgan fingerprint density at radius 1 is 0.736 bits per heavy atom. The summed E-state index contributed by atoms with van der Waals surface area (Å²) in [7, 11) is 0. The number of rotatable bonds is 2. The van der Waals surface area contributed by atoms with Gasteiger partial charge >= 0.3 is 124 Å². The molecule has 0 bridgehead atoms. The van der Waals surface area contributed by atoms with Crippen molar-refractivity contribution < 1.29 is 37.4 Å². The Kier molecular flexibility index (Phi) is 10.1. The van der Waals surface area contributed by atoms with Gasteiger partial charge in [0.2, 0.25) is 0 Å². The molecule has 6 aliphatic carbocycles. The maximum atomic E-state index is 12.7. The monoisotopic (exact) mass is 788 g/mol. The van der Waals surface area contributed by atoms with E-state index in [1.165, 1.54) is 17.7 Å². The predicted octanol–water partition coefficient (Wildman–Crippen LogP) is 13.1. The fourth-order valence-electron chi connectivity index (χ4n) is 11.3. The van der Waals surface area contributed by atoms with Crippen LogP contribution in [0.1, 0.15) is 84.1 Å². The van der Waals surface area contributed by atoms with E-state index in [1.54, 1.807) is 6.07 Å². The van der Waals surface area contributed by atoms with E-state index < -0.39 is 11.7 Å². The van der Waals surface area contributed by atoms with Gasteiger partial charge in [-0.25, -0.2) is 12.2 Å². The second-order valence-corrected chi connectivity index (χ2v) is 18.3. The van der Waals surface area contributed by atoms with Crippen LogP contribution in [0, 0.1) is 63.2 Å². The van der Waals surface area contributed by atoms with Crippen molar-refractivity contribution in [1.29, 1.82) is 0 Å². The first-order valence-corrected chi connectivity index (χ1v) is 20.0. The summed E-state index contributed by atoms with van der Waals surface area (Å²) in [6.07, 6.45) is 35.0. The summed E-state index contributed by atoms with van der Waals surface area (Å²) in [4.78, 5) is 0. The van der Waals surface area contributed by atoms with Crippen LogP contribution in [0.2, 0.25) is 0 Å². The average Bonchev–Trinajstić information content (AvgIpc) is 3.78. The smallest absolute Gasteiger partial charge is 0.109 e. The van der Waals surface area contributed by atoms with Gasteiger partial charge in [-0.05, 0) is 28.6 Å². The molecule has 0 spiro atoms. The predicted molar refractivity (Wildman–Crippen MR) is 211 cm³/mol. The van der Waals surface area contributed by atoms with Gasteiger partial charge in [-0.2, -0.15) is 6.08 Å². The Labute approximate surface area is 331 Å². The molecular formula is C49H53F3Zr. The minimum Gasteiger partial charge on any atom is -0.273 e. The molecule has 2 saturated carbocycles. The molecule has 0 aliphatic heterocycles. The molecule has 0 radical (unpaired) electrons. The molecule has 2 aromatic carbocycles. The zero-order valence-corrected chi connectivity index (χ0v) is 35.2. The van der Waals surface area contributed by atoms with E-state index in [-0.39, 0.29) is 37.9 Å². The van der Waals surface area contributed by atoms with E-state index in [0.717, 1.165) is 51.1 Å². The van der Waals surface area contributed by atoms with Gasteiger partial charge in [-0.3, -0.25) is 6.08 Å². The maximum Gasteiger partial charge on any atom is -0.109 e. The van der Waals surface area contributed by atoms with Crippen LogP contribution in [-0.2, 0) is 30.4 Å². The van der Waals surface area contributed by atoms with Gasteiger partial charge in [0.15, 0.2) is 0 Å². The minimum atomic E-state index is -4.29. The van der Waals surface area contributed by atoms with Gasteiger partial charge in [0.1, 0.15) is 0 Å². The van der Waals surface area contributed by atoms with Crippen molar-refractivity contribution in [3.63, 3.8) is 0 Å². The third-order valence-corrected chi connectivity index (χ3v) is 16.9. The molecule has 0 heterocycles. The van der Waals surface area contributed by atoms with Gasteiger partial charge in [-0.15, -0.1) is 23.8 Å². The van der Waals surface area contributed by atoms with E-state index in [1.807, 2.05) is 43.3 Å². The molecule has 0 N–H and O–H groups in total. The topological polar surface area (TPSA) is 0 Å². The average molecular weight is 790 g/mol. The van der Waals surface area contributed by atoms with E-state index in [2.05, 4.69) is 141 Å². The number of benzene rings is 2. The Hall–Kier alpha value is -3.10. The normalized spacial score (nSPS) is 38.1. The molecule has 8 unspecified atom stereocenters. The first kappa shape index (κ1) is 39.6. The largest absolute Gasteiger partial charge is 0.273 e. The number of aryl methyl sites for hydroxylation is 1. The van der Waals surface area contributed by atoms with E-state index in [4.69, 9.17) is 0 Å². The number of hydrogen-bond acceptors (Lipinski definition) is 0. The van der Waals surface area contributed by atoms with Crippen LogP contribution in [0.15, 0.2) is 139 Å². The van der Waals surface area contributed by atoms with Crippen LogP contribution in [-0.4, -0.2) is 3.21 Å². The number of fused-ring (bicyclic) bond motifs is 8. The molecule has 2 aromatic rings. The maximum absolute atomic E-state index is 12.7. The van der Waals surface area contributed by atoms with Crippen LogP contribution in [0.3, 0.4) is 0 Å². The minimum absolute atomic E-state index is 0.00615. The summed E-state index contributed by atoms with van der Waals surface area (Å²) >= 11 is 1.10. The van der Waals surface area contributed by atoms with Crippen molar-refractivity contribution in [3.05, 3.63) is 174 Å². The molecule has 6 aliphatic rings. The molecule has 0 nitrogen and oxygen atoms in total. The molecule has 8 rings (SSSR count). The summed E-state index contributed by atoms with van der Waals surface area (Å²) in [5, 5.41) is 0. The van der Waals surface area contributed by atoms with Gasteiger partial charge in [0.25, 0.3) is 0 Å². The quantitative estimate of drug-likeness (QED) is 0.266. The first-order valence-electron chi connectivity index (χ1n) is 18.8. The summed E-state index contributed by atoms with van der Waals surface area (Å²) in [6, 6.07) is 13.3. The standard InChI is InChI=1S/C29H37.C15H11F3.C5H5.Zr/c1-21-14-13-15-22-20-27(6)25(4)18-10-9-16-23(25,2)24(3)17-11-12-19-26(24,5)29(27,8)28(21,22)7;1-11-5-7-12(8-6-11)9-13-3-2-4-14(10-13)15(16,17)18;1-2-4-5-3-1;/h9-20,22H,1-8H3;2-8,10H,1H3;1-3H,4H2;/q-1;;-1;+2. The van der Waals surface area contributed by atoms with Crippen LogP contribution in [0.4, 0.5) is 13.2 Å². The molecule has 0 saturated heterocycles. The van der Waals surface area contributed by atoms with Crippen molar-refractivity contribution in [2.45, 2.75) is 74.9 Å². The van der Waals surface area contributed by atoms with Crippen molar-refractivity contribution in [2.75, 3.05) is 0 Å². The number of allylic oxidation sites excluding steroid dienone is 16. The fourth-order valence-corrected chi connectivity index (χ4v) is 12.1. The Bertz CT molecular complexity index is 2010. The van der Waals surface area contributed by atoms with E-state index >= 15 is 0 Å². The van der Waals surface area contributed by atoms with Crippen LogP contribution >= 0.6 is 0 Å². The third kappa shape index (κ3) is 5.50. The zero-order valence-electron chi connectivity index (χ0n) is 32.7. The number of hydrogen-bond donors (Lipinski definition) is 0. The first-order chi connectivity index (χ1) is 24.8. The Balaban J connectivity index is 0.000000171. The number of alkyl halides is 3. The summed E-state index contributed by atoms with van der Waals surface area (Å²) in [6.45, 7) is 22.3. The fraction of sp³-hybridized carbons (Fsp3) is 0.388. The molecule has 53 heavy (non-hydrogen) atoms. The SMILES string of the molecule is CC1=CC=CC2[CH-]C3(C)C4(C)C=CC=CC4(C)C4(C)C=CC=CC4(C)C3(C)C12C.Cc1ccc([C](=[Zr+2])c2cccc(C(F)(F)F)c2)cc1.[C-]1=CC=CC1. The van der Waals surface area contributed by atoms with Gasteiger partial charge < -0.3 is 6.42 Å². The van der Waals surface area contributed by atoms with Gasteiger partial charge in [0, 0.05) is 10.8 Å². The molecular weight excluding hydrogens is 737 g/mol. The Morgan fingerprint density at radius 2 is 1.32 bits per heavy atom.